The van der Waals surface area contributed by atoms with Gasteiger partial charge in [-0.3, -0.25) is 9.78 Å². The van der Waals surface area contributed by atoms with Gasteiger partial charge in [-0.15, -0.1) is 0 Å². The van der Waals surface area contributed by atoms with Gasteiger partial charge in [0.05, 0.1) is 0 Å². The normalized spacial score (nSPS) is 10.4. The third kappa shape index (κ3) is 5.33. The van der Waals surface area contributed by atoms with Crippen molar-refractivity contribution in [1.82, 2.24) is 9.88 Å². The van der Waals surface area contributed by atoms with Crippen LogP contribution < -0.4 is 10.1 Å². The highest BCUT2D eigenvalue weighted by Gasteiger charge is 2.13. The lowest BCUT2D eigenvalue weighted by molar-refractivity contribution is 0.0787. The summed E-state index contributed by atoms with van der Waals surface area (Å²) in [7, 11) is 1.81. The Balaban J connectivity index is 1.64. The maximum Gasteiger partial charge on any atom is 0.272 e. The van der Waals surface area contributed by atoms with Gasteiger partial charge in [-0.05, 0) is 55.0 Å². The number of carbonyl (C=O) groups is 1. The quantitative estimate of drug-likeness (QED) is 0.566. The summed E-state index contributed by atoms with van der Waals surface area (Å²) in [5.74, 6) is 1.50. The molecule has 5 heteroatoms. The van der Waals surface area contributed by atoms with E-state index in [1.807, 2.05) is 67.7 Å². The van der Waals surface area contributed by atoms with Crippen molar-refractivity contribution in [3.8, 4) is 11.5 Å². The number of nitrogens with zero attached hydrogens (tertiary/aromatic N) is 2. The Bertz CT molecular complexity index is 895. The van der Waals surface area contributed by atoms with Crippen LogP contribution in [0.4, 0.5) is 11.4 Å². The Morgan fingerprint density at radius 3 is 2.43 bits per heavy atom. The van der Waals surface area contributed by atoms with Gasteiger partial charge in [0, 0.05) is 31.2 Å². The SMILES string of the molecule is CCCCN(C)C(=O)c1cc(Nc2ccc(Oc3ccccc3)cc2)ccn1. The molecule has 0 fully saturated rings. The number of para-hydroxylation sites is 1. The van der Waals surface area contributed by atoms with Gasteiger partial charge in [0.25, 0.3) is 5.91 Å². The average Bonchev–Trinajstić information content (AvgIpc) is 2.74. The molecule has 0 aliphatic heterocycles. The molecule has 3 aromatic rings. The van der Waals surface area contributed by atoms with Gasteiger partial charge in [-0.25, -0.2) is 0 Å². The fourth-order valence-electron chi connectivity index (χ4n) is 2.72. The zero-order valence-corrected chi connectivity index (χ0v) is 16.3. The van der Waals surface area contributed by atoms with Crippen LogP contribution in [0.25, 0.3) is 0 Å². The fraction of sp³-hybridized carbons (Fsp3) is 0.217. The molecule has 0 saturated carbocycles. The van der Waals surface area contributed by atoms with E-state index in [0.717, 1.165) is 42.3 Å². The zero-order valence-electron chi connectivity index (χ0n) is 16.3. The van der Waals surface area contributed by atoms with Crippen molar-refractivity contribution in [2.45, 2.75) is 19.8 Å². The predicted octanol–water partition coefficient (Wildman–Crippen LogP) is 5.49. The Labute approximate surface area is 166 Å². The molecule has 1 N–H and O–H groups in total. The summed E-state index contributed by atoms with van der Waals surface area (Å²) in [6.45, 7) is 2.84. The van der Waals surface area contributed by atoms with E-state index in [9.17, 15) is 4.79 Å². The lowest BCUT2D eigenvalue weighted by atomic mass is 10.2. The highest BCUT2D eigenvalue weighted by molar-refractivity contribution is 5.93. The van der Waals surface area contributed by atoms with Gasteiger partial charge in [0.2, 0.25) is 0 Å². The molecule has 28 heavy (non-hydrogen) atoms. The van der Waals surface area contributed by atoms with Crippen molar-refractivity contribution in [3.63, 3.8) is 0 Å². The van der Waals surface area contributed by atoms with E-state index < -0.39 is 0 Å². The van der Waals surface area contributed by atoms with E-state index in [1.54, 1.807) is 17.2 Å². The molecule has 0 spiro atoms. The number of pyridine rings is 1. The number of anilines is 2. The Kier molecular flexibility index (Phi) is 6.63. The minimum atomic E-state index is -0.0660. The van der Waals surface area contributed by atoms with Crippen LogP contribution >= 0.6 is 0 Å². The summed E-state index contributed by atoms with van der Waals surface area (Å²) in [5, 5.41) is 3.31. The second kappa shape index (κ2) is 9.55. The van der Waals surface area contributed by atoms with Crippen LogP contribution in [-0.2, 0) is 0 Å². The summed E-state index contributed by atoms with van der Waals surface area (Å²) in [4.78, 5) is 18.4. The number of unbranched alkanes of at least 4 members (excludes halogenated alkanes) is 1. The molecule has 0 unspecified atom stereocenters. The number of ether oxygens (including phenoxy) is 1. The minimum Gasteiger partial charge on any atom is -0.457 e. The minimum absolute atomic E-state index is 0.0660. The first-order valence-corrected chi connectivity index (χ1v) is 9.47. The van der Waals surface area contributed by atoms with Crippen LogP contribution in [0.15, 0.2) is 72.9 Å². The second-order valence-corrected chi connectivity index (χ2v) is 6.57. The van der Waals surface area contributed by atoms with E-state index in [4.69, 9.17) is 4.74 Å². The van der Waals surface area contributed by atoms with Gasteiger partial charge >= 0.3 is 0 Å². The second-order valence-electron chi connectivity index (χ2n) is 6.57. The van der Waals surface area contributed by atoms with Gasteiger partial charge < -0.3 is 15.0 Å². The highest BCUT2D eigenvalue weighted by atomic mass is 16.5. The van der Waals surface area contributed by atoms with Crippen LogP contribution in [0.5, 0.6) is 11.5 Å². The summed E-state index contributed by atoms with van der Waals surface area (Å²) in [6, 6.07) is 21.0. The molecule has 0 bridgehead atoms. The average molecular weight is 375 g/mol. The van der Waals surface area contributed by atoms with Crippen LogP contribution in [-0.4, -0.2) is 29.4 Å². The summed E-state index contributed by atoms with van der Waals surface area (Å²) in [5.41, 5.74) is 2.16. The summed E-state index contributed by atoms with van der Waals surface area (Å²) in [6.07, 6.45) is 3.68. The molecular formula is C23H25N3O2. The number of rotatable bonds is 8. The third-order valence-corrected chi connectivity index (χ3v) is 4.29. The van der Waals surface area contributed by atoms with E-state index in [2.05, 4.69) is 17.2 Å². The van der Waals surface area contributed by atoms with Crippen molar-refractivity contribution in [1.29, 1.82) is 0 Å². The highest BCUT2D eigenvalue weighted by Crippen LogP contribution is 2.24. The number of aromatic nitrogens is 1. The van der Waals surface area contributed by atoms with Gasteiger partial charge in [0.1, 0.15) is 17.2 Å². The molecule has 1 aromatic heterocycles. The molecule has 0 aliphatic carbocycles. The Morgan fingerprint density at radius 1 is 1.00 bits per heavy atom. The number of nitrogens with one attached hydrogen (secondary N) is 1. The lowest BCUT2D eigenvalue weighted by Gasteiger charge is -2.16. The molecule has 144 valence electrons. The number of hydrogen-bond donors (Lipinski definition) is 1. The number of benzene rings is 2. The summed E-state index contributed by atoms with van der Waals surface area (Å²) < 4.78 is 5.80. The molecule has 0 aliphatic rings. The van der Waals surface area contributed by atoms with Gasteiger partial charge in [-0.2, -0.15) is 0 Å². The lowest BCUT2D eigenvalue weighted by Crippen LogP contribution is -2.28. The standard InChI is InChI=1S/C23H25N3O2/c1-3-4-16-26(2)23(27)22-17-19(14-15-24-22)25-18-10-12-21(13-11-18)28-20-8-6-5-7-9-20/h5-15,17H,3-4,16H2,1-2H3,(H,24,25). The first-order valence-electron chi connectivity index (χ1n) is 9.47. The van der Waals surface area contributed by atoms with Gasteiger partial charge in [0.15, 0.2) is 0 Å². The van der Waals surface area contributed by atoms with E-state index in [0.29, 0.717) is 5.69 Å². The predicted molar refractivity (Wildman–Crippen MR) is 112 cm³/mol. The molecule has 0 radical (unpaired) electrons. The molecule has 2 aromatic carbocycles. The van der Waals surface area contributed by atoms with Crippen molar-refractivity contribution in [3.05, 3.63) is 78.6 Å². The van der Waals surface area contributed by atoms with E-state index >= 15 is 0 Å². The van der Waals surface area contributed by atoms with Crippen LogP contribution in [0.3, 0.4) is 0 Å². The first-order chi connectivity index (χ1) is 13.7. The maximum absolute atomic E-state index is 12.5. The monoisotopic (exact) mass is 375 g/mol. The van der Waals surface area contributed by atoms with E-state index in [-0.39, 0.29) is 5.91 Å². The smallest absolute Gasteiger partial charge is 0.272 e. The molecule has 3 rings (SSSR count). The Morgan fingerprint density at radius 2 is 1.71 bits per heavy atom. The maximum atomic E-state index is 12.5. The van der Waals surface area contributed by atoms with Gasteiger partial charge in [-0.1, -0.05) is 31.5 Å². The zero-order chi connectivity index (χ0) is 19.8. The molecule has 1 heterocycles. The summed E-state index contributed by atoms with van der Waals surface area (Å²) >= 11 is 0. The van der Waals surface area contributed by atoms with Crippen molar-refractivity contribution in [2.24, 2.45) is 0 Å². The topological polar surface area (TPSA) is 54.5 Å². The van der Waals surface area contributed by atoms with Crippen molar-refractivity contribution < 1.29 is 9.53 Å². The number of carbonyl (C=O) groups excluding carboxylic acids is 1. The molecule has 0 saturated heterocycles. The number of hydrogen-bond acceptors (Lipinski definition) is 4. The molecule has 0 atom stereocenters. The van der Waals surface area contributed by atoms with Crippen molar-refractivity contribution >= 4 is 17.3 Å². The van der Waals surface area contributed by atoms with Crippen molar-refractivity contribution in [2.75, 3.05) is 18.9 Å². The molecular weight excluding hydrogens is 350 g/mol. The first kappa shape index (κ1) is 19.4. The van der Waals surface area contributed by atoms with Crippen LogP contribution in [0.2, 0.25) is 0 Å². The fourth-order valence-corrected chi connectivity index (χ4v) is 2.72. The van der Waals surface area contributed by atoms with E-state index in [1.165, 1.54) is 0 Å². The Hall–Kier alpha value is -3.34. The van der Waals surface area contributed by atoms with Crippen LogP contribution in [0.1, 0.15) is 30.3 Å². The molecule has 1 amide bonds. The van der Waals surface area contributed by atoms with Crippen LogP contribution in [0, 0.1) is 0 Å². The third-order valence-electron chi connectivity index (χ3n) is 4.29. The number of amides is 1. The molecule has 5 nitrogen and oxygen atoms in total. The largest absolute Gasteiger partial charge is 0.457 e.